The van der Waals surface area contributed by atoms with E-state index in [4.69, 9.17) is 0 Å². The highest BCUT2D eigenvalue weighted by Crippen LogP contribution is 2.60. The molecule has 2 N–H and O–H groups in total. The highest BCUT2D eigenvalue weighted by Gasteiger charge is 2.60. The Bertz CT molecular complexity index is 702. The molecule has 0 aromatic carbocycles. The molecule has 2 nitrogen and oxygen atoms in total. The first-order valence-corrected chi connectivity index (χ1v) is 11.8. The van der Waals surface area contributed by atoms with Gasteiger partial charge in [-0.25, -0.2) is 0 Å². The number of aliphatic hydroxyl groups excluding tert-OH is 1. The lowest BCUT2D eigenvalue weighted by molar-refractivity contribution is -0.270. The number of hydrogen-bond acceptors (Lipinski definition) is 2. The Kier molecular flexibility index (Phi) is 7.10. The van der Waals surface area contributed by atoms with Crippen molar-refractivity contribution in [3.05, 3.63) is 11.6 Å². The number of hydrogen-bond donors (Lipinski definition) is 2. The van der Waals surface area contributed by atoms with Crippen molar-refractivity contribution >= 4 is 0 Å². The molecule has 8 heteroatoms. The zero-order valence-electron chi connectivity index (χ0n) is 19.1. The van der Waals surface area contributed by atoms with E-state index >= 15 is 0 Å². The van der Waals surface area contributed by atoms with Crippen LogP contribution in [0.1, 0.15) is 78.6 Å². The molecule has 0 amide bonds. The van der Waals surface area contributed by atoms with E-state index in [1.807, 2.05) is 13.0 Å². The second kappa shape index (κ2) is 8.79. The third kappa shape index (κ3) is 4.73. The van der Waals surface area contributed by atoms with Crippen molar-refractivity contribution in [2.24, 2.45) is 35.0 Å². The van der Waals surface area contributed by atoms with Crippen LogP contribution in [0.2, 0.25) is 0 Å². The average molecular weight is 471 g/mol. The van der Waals surface area contributed by atoms with E-state index in [1.54, 1.807) is 0 Å². The van der Waals surface area contributed by atoms with Gasteiger partial charge in [-0.1, -0.05) is 51.7 Å². The lowest BCUT2D eigenvalue weighted by atomic mass is 9.52. The monoisotopic (exact) mass is 470 g/mol. The van der Waals surface area contributed by atoms with E-state index in [-0.39, 0.29) is 42.9 Å². The minimum absolute atomic E-state index is 0.150. The van der Waals surface area contributed by atoms with E-state index in [1.165, 1.54) is 6.92 Å². The molecule has 0 unspecified atom stereocenters. The Balaban J connectivity index is 1.79. The molecular formula is C24H36F6O2. The lowest BCUT2D eigenvalue weighted by Crippen LogP contribution is -2.53. The molecule has 32 heavy (non-hydrogen) atoms. The summed E-state index contributed by atoms with van der Waals surface area (Å²) < 4.78 is 79.6. The minimum Gasteiger partial charge on any atom is -0.383 e. The zero-order chi connectivity index (χ0) is 24.1. The van der Waals surface area contributed by atoms with Crippen LogP contribution >= 0.6 is 0 Å². The van der Waals surface area contributed by atoms with Crippen molar-refractivity contribution in [2.45, 2.75) is 103 Å². The van der Waals surface area contributed by atoms with Gasteiger partial charge in [0.05, 0.1) is 0 Å². The Morgan fingerprint density at radius 1 is 1.03 bits per heavy atom. The molecule has 0 heterocycles. The SMILES string of the molecule is C[C@@H]([C@@H]1CCC[C@H]2[C@@H](CC=C3C[C@](O)(C(F)(F)F)CC[C@@]32C)[C@@H](C)CC1)[C@@H](O)C(F)(F)F. The molecule has 0 aromatic rings. The van der Waals surface area contributed by atoms with Gasteiger partial charge in [0.2, 0.25) is 0 Å². The van der Waals surface area contributed by atoms with Crippen LogP contribution in [-0.4, -0.2) is 34.3 Å². The number of allylic oxidation sites excluding steroid dienone is 1. The third-order valence-corrected chi connectivity index (χ3v) is 9.16. The van der Waals surface area contributed by atoms with Crippen LogP contribution < -0.4 is 0 Å². The second-order valence-corrected chi connectivity index (χ2v) is 11.0. The van der Waals surface area contributed by atoms with Crippen LogP contribution in [0.3, 0.4) is 0 Å². The summed E-state index contributed by atoms with van der Waals surface area (Å²) in [5.41, 5.74) is -2.41. The smallest absolute Gasteiger partial charge is 0.383 e. The summed E-state index contributed by atoms with van der Waals surface area (Å²) in [5, 5.41) is 20.1. The van der Waals surface area contributed by atoms with Gasteiger partial charge in [-0.3, -0.25) is 0 Å². The molecule has 186 valence electrons. The van der Waals surface area contributed by atoms with E-state index in [0.717, 1.165) is 12.8 Å². The van der Waals surface area contributed by atoms with Gasteiger partial charge in [-0.2, -0.15) is 26.3 Å². The van der Waals surface area contributed by atoms with E-state index in [9.17, 15) is 36.6 Å². The largest absolute Gasteiger partial charge is 0.417 e. The maximum Gasteiger partial charge on any atom is 0.417 e. The summed E-state index contributed by atoms with van der Waals surface area (Å²) in [6.07, 6.45) is -6.17. The van der Waals surface area contributed by atoms with E-state index < -0.39 is 35.4 Å². The predicted octanol–water partition coefficient (Wildman–Crippen LogP) is 6.81. The highest BCUT2D eigenvalue weighted by molar-refractivity contribution is 5.26. The fourth-order valence-electron chi connectivity index (χ4n) is 6.80. The fourth-order valence-corrected chi connectivity index (χ4v) is 6.80. The van der Waals surface area contributed by atoms with Crippen molar-refractivity contribution in [1.82, 2.24) is 0 Å². The number of fused-ring (bicyclic) bond motifs is 3. The van der Waals surface area contributed by atoms with Crippen LogP contribution in [0.5, 0.6) is 0 Å². The third-order valence-electron chi connectivity index (χ3n) is 9.16. The summed E-state index contributed by atoms with van der Waals surface area (Å²) >= 11 is 0. The molecule has 3 rings (SSSR count). The van der Waals surface area contributed by atoms with Crippen molar-refractivity contribution in [1.29, 1.82) is 0 Å². The second-order valence-electron chi connectivity index (χ2n) is 11.0. The summed E-state index contributed by atoms with van der Waals surface area (Å²) in [4.78, 5) is 0. The summed E-state index contributed by atoms with van der Waals surface area (Å²) in [6, 6.07) is 0. The average Bonchev–Trinajstić information content (AvgIpc) is 2.76. The van der Waals surface area contributed by atoms with Crippen LogP contribution in [0.4, 0.5) is 26.3 Å². The topological polar surface area (TPSA) is 40.5 Å². The minimum atomic E-state index is -4.67. The zero-order valence-corrected chi connectivity index (χ0v) is 19.1. The van der Waals surface area contributed by atoms with Crippen LogP contribution in [0.15, 0.2) is 11.6 Å². The quantitative estimate of drug-likeness (QED) is 0.344. The molecule has 0 spiro atoms. The maximum atomic E-state index is 13.5. The van der Waals surface area contributed by atoms with Crippen molar-refractivity contribution in [2.75, 3.05) is 0 Å². The molecular weight excluding hydrogens is 434 g/mol. The number of rotatable bonds is 2. The molecule has 0 saturated heterocycles. The van der Waals surface area contributed by atoms with E-state index in [2.05, 4.69) is 6.92 Å². The normalized spacial score (nSPS) is 41.3. The fraction of sp³-hybridized carbons (Fsp3) is 0.917. The number of aliphatic hydroxyl groups is 2. The summed E-state index contributed by atoms with van der Waals surface area (Å²) in [5.74, 6) is -0.479. The van der Waals surface area contributed by atoms with Gasteiger partial charge in [0, 0.05) is 6.42 Å². The van der Waals surface area contributed by atoms with Gasteiger partial charge in [0.25, 0.3) is 0 Å². The van der Waals surface area contributed by atoms with Crippen LogP contribution in [0, 0.1) is 35.0 Å². The first kappa shape index (κ1) is 25.9. The van der Waals surface area contributed by atoms with Crippen molar-refractivity contribution in [3.8, 4) is 0 Å². The molecule has 2 saturated carbocycles. The van der Waals surface area contributed by atoms with Gasteiger partial charge in [-0.15, -0.1) is 0 Å². The molecule has 0 aliphatic heterocycles. The standard InChI is InChI=1S/C24H36F6O2/c1-14-7-8-16(15(2)20(31)23(25,26)27)5-4-6-19-18(14)10-9-17-13-22(32,24(28,29)30)12-11-21(17,19)3/h9,14-16,18-20,31-32H,4-8,10-13H2,1-3H3/t14-,15-,16+,18-,19-,20+,21-,22-/m0/s1. The molecule has 0 bridgehead atoms. The molecule has 3 aliphatic carbocycles. The molecule has 2 fully saturated rings. The Morgan fingerprint density at radius 3 is 2.28 bits per heavy atom. The lowest BCUT2D eigenvalue weighted by Gasteiger charge is -2.54. The van der Waals surface area contributed by atoms with Gasteiger partial charge in [0.15, 0.2) is 11.7 Å². The predicted molar refractivity (Wildman–Crippen MR) is 110 cm³/mol. The summed E-state index contributed by atoms with van der Waals surface area (Å²) in [7, 11) is 0. The van der Waals surface area contributed by atoms with Crippen LogP contribution in [-0.2, 0) is 0 Å². The molecule has 3 aliphatic rings. The first-order valence-electron chi connectivity index (χ1n) is 11.8. The van der Waals surface area contributed by atoms with Gasteiger partial charge >= 0.3 is 12.4 Å². The highest BCUT2D eigenvalue weighted by atomic mass is 19.4. The Labute approximate surface area is 186 Å². The van der Waals surface area contributed by atoms with Crippen molar-refractivity contribution in [3.63, 3.8) is 0 Å². The van der Waals surface area contributed by atoms with Gasteiger partial charge < -0.3 is 10.2 Å². The Hall–Kier alpha value is -0.760. The molecule has 0 radical (unpaired) electrons. The summed E-state index contributed by atoms with van der Waals surface area (Å²) in [6.45, 7) is 5.59. The van der Waals surface area contributed by atoms with Crippen LogP contribution in [0.25, 0.3) is 0 Å². The van der Waals surface area contributed by atoms with Gasteiger partial charge in [0.1, 0.15) is 0 Å². The number of alkyl halides is 6. The van der Waals surface area contributed by atoms with Gasteiger partial charge in [-0.05, 0) is 67.1 Å². The first-order chi connectivity index (χ1) is 14.6. The Morgan fingerprint density at radius 2 is 1.69 bits per heavy atom. The number of halogens is 6. The van der Waals surface area contributed by atoms with Crippen molar-refractivity contribution < 1.29 is 36.6 Å². The molecule has 8 atom stereocenters. The molecule has 0 aromatic heterocycles. The maximum absolute atomic E-state index is 13.5. The van der Waals surface area contributed by atoms with E-state index in [0.29, 0.717) is 31.3 Å².